The third-order valence-corrected chi connectivity index (χ3v) is 5.39. The van der Waals surface area contributed by atoms with Crippen LogP contribution >= 0.6 is 0 Å². The van der Waals surface area contributed by atoms with E-state index in [2.05, 4.69) is 22.8 Å². The normalized spacial score (nSPS) is 12.9. The Morgan fingerprint density at radius 1 is 1.19 bits per heavy atom. The van der Waals surface area contributed by atoms with Gasteiger partial charge in [-0.05, 0) is 49.2 Å². The fourth-order valence-corrected chi connectivity index (χ4v) is 3.77. The van der Waals surface area contributed by atoms with Crippen LogP contribution in [0, 0.1) is 0 Å². The fourth-order valence-electron chi connectivity index (χ4n) is 3.77. The molecule has 0 aliphatic carbocycles. The maximum atomic E-state index is 12.6. The van der Waals surface area contributed by atoms with Gasteiger partial charge >= 0.3 is 0 Å². The van der Waals surface area contributed by atoms with E-state index in [0.717, 1.165) is 42.1 Å². The smallest absolute Gasteiger partial charge is 0.253 e. The Labute approximate surface area is 159 Å². The average molecular weight is 363 g/mol. The number of aryl methyl sites for hydroxylation is 1. The fraction of sp³-hybridized carbons (Fsp3) is 0.364. The summed E-state index contributed by atoms with van der Waals surface area (Å²) in [5.74, 6) is 2.06. The van der Waals surface area contributed by atoms with Gasteiger partial charge in [-0.1, -0.05) is 12.1 Å². The van der Waals surface area contributed by atoms with E-state index < -0.39 is 0 Å². The van der Waals surface area contributed by atoms with Crippen molar-refractivity contribution in [2.24, 2.45) is 7.05 Å². The SMILES string of the molecule is CCN(CC)C(=O)c1ccc2c(c1)nc(Cc1ccc3c(c1)CCO3)n2C. The number of hydrogen-bond donors (Lipinski definition) is 0. The predicted molar refractivity (Wildman–Crippen MR) is 106 cm³/mol. The molecule has 4 rings (SSSR count). The molecular formula is C22H25N3O2. The van der Waals surface area contributed by atoms with E-state index in [9.17, 15) is 4.79 Å². The maximum absolute atomic E-state index is 12.6. The lowest BCUT2D eigenvalue weighted by Gasteiger charge is -2.18. The molecule has 2 heterocycles. The van der Waals surface area contributed by atoms with Gasteiger partial charge in [0.05, 0.1) is 17.6 Å². The first-order valence-electron chi connectivity index (χ1n) is 9.60. The number of imidazole rings is 1. The summed E-state index contributed by atoms with van der Waals surface area (Å²) >= 11 is 0. The van der Waals surface area contributed by atoms with Crippen LogP contribution in [0.15, 0.2) is 36.4 Å². The van der Waals surface area contributed by atoms with Crippen LogP contribution in [0.4, 0.5) is 0 Å². The van der Waals surface area contributed by atoms with Crippen molar-refractivity contribution in [3.63, 3.8) is 0 Å². The molecule has 0 spiro atoms. The van der Waals surface area contributed by atoms with Gasteiger partial charge < -0.3 is 14.2 Å². The number of carbonyl (C=O) groups excluding carboxylic acids is 1. The molecule has 1 aromatic heterocycles. The molecule has 0 fully saturated rings. The molecule has 0 N–H and O–H groups in total. The Bertz CT molecular complexity index is 1000. The lowest BCUT2D eigenvalue weighted by molar-refractivity contribution is 0.0773. The molecule has 1 amide bonds. The number of carbonyl (C=O) groups is 1. The quantitative estimate of drug-likeness (QED) is 0.696. The molecule has 3 aromatic rings. The maximum Gasteiger partial charge on any atom is 0.253 e. The van der Waals surface area contributed by atoms with Gasteiger partial charge in [0.1, 0.15) is 11.6 Å². The van der Waals surface area contributed by atoms with Gasteiger partial charge in [-0.25, -0.2) is 4.98 Å². The minimum Gasteiger partial charge on any atom is -0.493 e. The Morgan fingerprint density at radius 3 is 2.78 bits per heavy atom. The van der Waals surface area contributed by atoms with E-state index in [1.54, 1.807) is 0 Å². The van der Waals surface area contributed by atoms with Gasteiger partial charge in [0.2, 0.25) is 0 Å². The summed E-state index contributed by atoms with van der Waals surface area (Å²) in [5.41, 5.74) is 5.13. The molecule has 0 bridgehead atoms. The zero-order valence-corrected chi connectivity index (χ0v) is 16.2. The van der Waals surface area contributed by atoms with Crippen LogP contribution in [0.1, 0.15) is 41.2 Å². The van der Waals surface area contributed by atoms with Crippen molar-refractivity contribution in [3.8, 4) is 5.75 Å². The van der Waals surface area contributed by atoms with Gasteiger partial charge in [0, 0.05) is 38.5 Å². The largest absolute Gasteiger partial charge is 0.493 e. The highest BCUT2D eigenvalue weighted by Gasteiger charge is 2.17. The lowest BCUT2D eigenvalue weighted by Crippen LogP contribution is -2.30. The molecule has 0 atom stereocenters. The molecule has 5 nitrogen and oxygen atoms in total. The average Bonchev–Trinajstić information content (AvgIpc) is 3.27. The Morgan fingerprint density at radius 2 is 2.00 bits per heavy atom. The van der Waals surface area contributed by atoms with Crippen LogP contribution < -0.4 is 4.74 Å². The Kier molecular flexibility index (Phi) is 4.60. The molecule has 0 unspecified atom stereocenters. The first kappa shape index (κ1) is 17.6. The van der Waals surface area contributed by atoms with Crippen molar-refractivity contribution in [1.82, 2.24) is 14.5 Å². The van der Waals surface area contributed by atoms with Gasteiger partial charge in [-0.2, -0.15) is 0 Å². The minimum atomic E-state index is 0.0627. The summed E-state index contributed by atoms with van der Waals surface area (Å²) in [6.07, 6.45) is 1.74. The number of hydrogen-bond acceptors (Lipinski definition) is 3. The van der Waals surface area contributed by atoms with Crippen LogP contribution in [-0.4, -0.2) is 40.1 Å². The Hall–Kier alpha value is -2.82. The number of aromatic nitrogens is 2. The number of ether oxygens (including phenoxy) is 1. The minimum absolute atomic E-state index is 0.0627. The molecule has 1 aliphatic rings. The highest BCUT2D eigenvalue weighted by molar-refractivity contribution is 5.97. The summed E-state index contributed by atoms with van der Waals surface area (Å²) in [6, 6.07) is 12.2. The molecule has 140 valence electrons. The monoisotopic (exact) mass is 363 g/mol. The second-order valence-electron chi connectivity index (χ2n) is 6.99. The van der Waals surface area contributed by atoms with Crippen LogP contribution in [0.2, 0.25) is 0 Å². The summed E-state index contributed by atoms with van der Waals surface area (Å²) in [6.45, 7) is 6.20. The van der Waals surface area contributed by atoms with Crippen LogP contribution in [0.5, 0.6) is 5.75 Å². The summed E-state index contributed by atoms with van der Waals surface area (Å²) in [7, 11) is 2.03. The number of amides is 1. The number of benzene rings is 2. The second-order valence-corrected chi connectivity index (χ2v) is 6.99. The molecule has 5 heteroatoms. The summed E-state index contributed by atoms with van der Waals surface area (Å²) < 4.78 is 7.71. The lowest BCUT2D eigenvalue weighted by atomic mass is 10.1. The number of nitrogens with zero attached hydrogens (tertiary/aromatic N) is 3. The van der Waals surface area contributed by atoms with Gasteiger partial charge in [0.25, 0.3) is 5.91 Å². The van der Waals surface area contributed by atoms with E-state index in [0.29, 0.717) is 18.7 Å². The third kappa shape index (κ3) is 3.18. The van der Waals surface area contributed by atoms with Crippen molar-refractivity contribution in [2.75, 3.05) is 19.7 Å². The van der Waals surface area contributed by atoms with Crippen molar-refractivity contribution >= 4 is 16.9 Å². The highest BCUT2D eigenvalue weighted by Crippen LogP contribution is 2.27. The summed E-state index contributed by atoms with van der Waals surface area (Å²) in [5, 5.41) is 0. The van der Waals surface area contributed by atoms with Crippen molar-refractivity contribution < 1.29 is 9.53 Å². The molecule has 1 aliphatic heterocycles. The molecule has 2 aromatic carbocycles. The van der Waals surface area contributed by atoms with E-state index >= 15 is 0 Å². The molecule has 0 saturated heterocycles. The number of rotatable bonds is 5. The van der Waals surface area contributed by atoms with E-state index in [1.807, 2.05) is 44.0 Å². The predicted octanol–water partition coefficient (Wildman–Crippen LogP) is 3.58. The summed E-state index contributed by atoms with van der Waals surface area (Å²) in [4.78, 5) is 19.3. The van der Waals surface area contributed by atoms with Crippen molar-refractivity contribution in [1.29, 1.82) is 0 Å². The van der Waals surface area contributed by atoms with E-state index in [4.69, 9.17) is 9.72 Å². The first-order chi connectivity index (χ1) is 13.1. The standard InChI is InChI=1S/C22H25N3O2/c1-4-25(5-2)22(26)17-7-8-19-18(14-17)23-21(24(19)3)13-15-6-9-20-16(12-15)10-11-27-20/h6-9,12,14H,4-5,10-11,13H2,1-3H3. The van der Waals surface area contributed by atoms with Gasteiger partial charge in [-0.15, -0.1) is 0 Å². The van der Waals surface area contributed by atoms with Crippen LogP contribution in [0.25, 0.3) is 11.0 Å². The van der Waals surface area contributed by atoms with E-state index in [1.165, 1.54) is 11.1 Å². The number of fused-ring (bicyclic) bond motifs is 2. The zero-order valence-electron chi connectivity index (χ0n) is 16.2. The third-order valence-electron chi connectivity index (χ3n) is 5.39. The first-order valence-corrected chi connectivity index (χ1v) is 9.60. The van der Waals surface area contributed by atoms with Crippen LogP contribution in [0.3, 0.4) is 0 Å². The van der Waals surface area contributed by atoms with Crippen molar-refractivity contribution in [3.05, 3.63) is 58.9 Å². The van der Waals surface area contributed by atoms with Gasteiger partial charge in [0.15, 0.2) is 0 Å². The topological polar surface area (TPSA) is 47.4 Å². The Balaban J connectivity index is 1.64. The van der Waals surface area contributed by atoms with Gasteiger partial charge in [-0.3, -0.25) is 4.79 Å². The van der Waals surface area contributed by atoms with Crippen LogP contribution in [-0.2, 0) is 19.9 Å². The van der Waals surface area contributed by atoms with Crippen molar-refractivity contribution in [2.45, 2.75) is 26.7 Å². The molecule has 0 saturated carbocycles. The molecule has 0 radical (unpaired) electrons. The molecular weight excluding hydrogens is 338 g/mol. The highest BCUT2D eigenvalue weighted by atomic mass is 16.5. The molecule has 27 heavy (non-hydrogen) atoms. The second kappa shape index (κ2) is 7.06. The van der Waals surface area contributed by atoms with E-state index in [-0.39, 0.29) is 5.91 Å². The zero-order chi connectivity index (χ0) is 19.0.